The van der Waals surface area contributed by atoms with E-state index in [1.165, 1.54) is 16.7 Å². The fraction of sp³-hybridized carbons (Fsp3) is 0.556. The van der Waals surface area contributed by atoms with Gasteiger partial charge in [0.1, 0.15) is 5.75 Å². The summed E-state index contributed by atoms with van der Waals surface area (Å²) in [5.74, 6) is 0.966. The Morgan fingerprint density at radius 1 is 1.05 bits per heavy atom. The minimum atomic E-state index is 0.0500. The molecule has 0 N–H and O–H groups in total. The van der Waals surface area contributed by atoms with Crippen molar-refractivity contribution >= 4 is 6.08 Å². The minimum Gasteiger partial charge on any atom is -0.496 e. The van der Waals surface area contributed by atoms with Gasteiger partial charge < -0.3 is 4.74 Å². The van der Waals surface area contributed by atoms with Crippen LogP contribution in [0.15, 0.2) is 12.6 Å². The molecule has 0 bridgehead atoms. The standard InChI is InChI=1S/C18H28O/c1-10-13-11-14(17(3,4)5)12(2)15(16(13)19-9)18(6,7)8/h10-11H,1H2,2-9H3. The summed E-state index contributed by atoms with van der Waals surface area (Å²) >= 11 is 0. The molecule has 0 aliphatic heterocycles. The van der Waals surface area contributed by atoms with Crippen LogP contribution in [0.4, 0.5) is 0 Å². The van der Waals surface area contributed by atoms with Crippen LogP contribution in [0.1, 0.15) is 63.8 Å². The number of hydrogen-bond donors (Lipinski definition) is 0. The molecular weight excluding hydrogens is 232 g/mol. The highest BCUT2D eigenvalue weighted by Crippen LogP contribution is 2.41. The summed E-state index contributed by atoms with van der Waals surface area (Å²) in [5, 5.41) is 0. The first-order valence-electron chi connectivity index (χ1n) is 6.89. The summed E-state index contributed by atoms with van der Waals surface area (Å²) in [7, 11) is 1.74. The average molecular weight is 260 g/mol. The van der Waals surface area contributed by atoms with Gasteiger partial charge in [0.2, 0.25) is 0 Å². The van der Waals surface area contributed by atoms with Gasteiger partial charge in [-0.3, -0.25) is 0 Å². The van der Waals surface area contributed by atoms with Crippen molar-refractivity contribution in [3.63, 3.8) is 0 Å². The number of hydrogen-bond acceptors (Lipinski definition) is 1. The highest BCUT2D eigenvalue weighted by Gasteiger charge is 2.28. The predicted molar refractivity (Wildman–Crippen MR) is 85.2 cm³/mol. The second kappa shape index (κ2) is 5.03. The van der Waals surface area contributed by atoms with Crippen molar-refractivity contribution in [1.29, 1.82) is 0 Å². The smallest absolute Gasteiger partial charge is 0.130 e. The SMILES string of the molecule is C=Cc1cc(C(C)(C)C)c(C)c(C(C)(C)C)c1OC. The third-order valence-corrected chi connectivity index (χ3v) is 3.55. The van der Waals surface area contributed by atoms with Crippen molar-refractivity contribution in [2.75, 3.05) is 7.11 Å². The van der Waals surface area contributed by atoms with Crippen molar-refractivity contribution in [3.8, 4) is 5.75 Å². The van der Waals surface area contributed by atoms with Gasteiger partial charge in [-0.15, -0.1) is 0 Å². The lowest BCUT2D eigenvalue weighted by atomic mass is 9.75. The second-order valence-corrected chi connectivity index (χ2v) is 7.25. The Morgan fingerprint density at radius 3 is 1.89 bits per heavy atom. The van der Waals surface area contributed by atoms with Crippen LogP contribution in [0.2, 0.25) is 0 Å². The molecule has 1 nitrogen and oxygen atoms in total. The normalized spacial score (nSPS) is 12.4. The number of rotatable bonds is 2. The molecule has 106 valence electrons. The van der Waals surface area contributed by atoms with Crippen molar-refractivity contribution in [1.82, 2.24) is 0 Å². The van der Waals surface area contributed by atoms with E-state index in [1.54, 1.807) is 7.11 Å². The number of methoxy groups -OCH3 is 1. The van der Waals surface area contributed by atoms with Crippen molar-refractivity contribution in [2.45, 2.75) is 59.3 Å². The quantitative estimate of drug-likeness (QED) is 0.706. The van der Waals surface area contributed by atoms with E-state index in [0.29, 0.717) is 0 Å². The van der Waals surface area contributed by atoms with E-state index in [4.69, 9.17) is 4.74 Å². The summed E-state index contributed by atoms with van der Waals surface area (Å²) in [4.78, 5) is 0. The number of ether oxygens (including phenoxy) is 1. The van der Waals surface area contributed by atoms with Crippen LogP contribution in [-0.4, -0.2) is 7.11 Å². The van der Waals surface area contributed by atoms with E-state index in [-0.39, 0.29) is 10.8 Å². The van der Waals surface area contributed by atoms with E-state index in [1.807, 2.05) is 6.08 Å². The van der Waals surface area contributed by atoms with Crippen LogP contribution in [-0.2, 0) is 10.8 Å². The lowest BCUT2D eigenvalue weighted by Crippen LogP contribution is -2.21. The molecule has 0 aliphatic carbocycles. The maximum absolute atomic E-state index is 5.67. The van der Waals surface area contributed by atoms with Crippen LogP contribution in [0.25, 0.3) is 6.08 Å². The van der Waals surface area contributed by atoms with Gasteiger partial charge in [0.25, 0.3) is 0 Å². The Kier molecular flexibility index (Phi) is 4.19. The molecule has 0 radical (unpaired) electrons. The third kappa shape index (κ3) is 3.02. The molecule has 19 heavy (non-hydrogen) atoms. The first-order chi connectivity index (χ1) is 8.54. The van der Waals surface area contributed by atoms with E-state index in [0.717, 1.165) is 11.3 Å². The predicted octanol–water partition coefficient (Wildman–Crippen LogP) is 5.24. The summed E-state index contributed by atoms with van der Waals surface area (Å²) in [6.07, 6.45) is 1.89. The van der Waals surface area contributed by atoms with Crippen LogP contribution in [0.3, 0.4) is 0 Å². The molecule has 0 saturated heterocycles. The number of benzene rings is 1. The van der Waals surface area contributed by atoms with Gasteiger partial charge in [0.15, 0.2) is 0 Å². The largest absolute Gasteiger partial charge is 0.496 e. The first kappa shape index (κ1) is 15.8. The fourth-order valence-electron chi connectivity index (χ4n) is 2.83. The third-order valence-electron chi connectivity index (χ3n) is 3.55. The molecular formula is C18H28O. The molecule has 0 unspecified atom stereocenters. The molecule has 1 aromatic carbocycles. The summed E-state index contributed by atoms with van der Waals surface area (Å²) in [6.45, 7) is 19.6. The van der Waals surface area contributed by atoms with Crippen molar-refractivity contribution in [3.05, 3.63) is 34.9 Å². The van der Waals surface area contributed by atoms with Crippen molar-refractivity contribution < 1.29 is 4.74 Å². The molecule has 0 atom stereocenters. The summed E-state index contributed by atoms with van der Waals surface area (Å²) in [6, 6.07) is 2.22. The minimum absolute atomic E-state index is 0.0500. The lowest BCUT2D eigenvalue weighted by molar-refractivity contribution is 0.394. The van der Waals surface area contributed by atoms with Crippen LogP contribution < -0.4 is 4.74 Å². The van der Waals surface area contributed by atoms with Crippen LogP contribution >= 0.6 is 0 Å². The van der Waals surface area contributed by atoms with E-state index >= 15 is 0 Å². The molecule has 1 aromatic rings. The molecule has 0 heterocycles. The molecule has 0 aromatic heterocycles. The van der Waals surface area contributed by atoms with Gasteiger partial charge >= 0.3 is 0 Å². The molecule has 0 fully saturated rings. The highest BCUT2D eigenvalue weighted by molar-refractivity contribution is 5.65. The Balaban J connectivity index is 3.81. The van der Waals surface area contributed by atoms with Crippen LogP contribution in [0.5, 0.6) is 5.75 Å². The summed E-state index contributed by atoms with van der Waals surface area (Å²) in [5.41, 5.74) is 5.25. The zero-order valence-electron chi connectivity index (χ0n) is 13.8. The molecule has 1 heteroatoms. The second-order valence-electron chi connectivity index (χ2n) is 7.25. The summed E-state index contributed by atoms with van der Waals surface area (Å²) < 4.78 is 5.67. The monoisotopic (exact) mass is 260 g/mol. The van der Waals surface area contributed by atoms with Gasteiger partial charge in [-0.2, -0.15) is 0 Å². The zero-order chi connectivity index (χ0) is 15.0. The Labute approximate surface area is 118 Å². The molecule has 0 aliphatic rings. The van der Waals surface area contributed by atoms with E-state index in [2.05, 4.69) is 61.1 Å². The highest BCUT2D eigenvalue weighted by atomic mass is 16.5. The topological polar surface area (TPSA) is 9.23 Å². The van der Waals surface area contributed by atoms with Gasteiger partial charge in [-0.05, 0) is 34.9 Å². The fourth-order valence-corrected chi connectivity index (χ4v) is 2.83. The molecule has 1 rings (SSSR count). The Bertz CT molecular complexity index is 482. The Morgan fingerprint density at radius 2 is 1.58 bits per heavy atom. The van der Waals surface area contributed by atoms with Gasteiger partial charge in [0, 0.05) is 11.1 Å². The molecule has 0 spiro atoms. The Hall–Kier alpha value is -1.24. The van der Waals surface area contributed by atoms with Crippen LogP contribution in [0, 0.1) is 6.92 Å². The van der Waals surface area contributed by atoms with Gasteiger partial charge in [-0.25, -0.2) is 0 Å². The molecule has 0 saturated carbocycles. The first-order valence-corrected chi connectivity index (χ1v) is 6.89. The van der Waals surface area contributed by atoms with Gasteiger partial charge in [-0.1, -0.05) is 54.2 Å². The zero-order valence-corrected chi connectivity index (χ0v) is 13.8. The lowest BCUT2D eigenvalue weighted by Gasteiger charge is -2.31. The van der Waals surface area contributed by atoms with E-state index in [9.17, 15) is 0 Å². The maximum Gasteiger partial charge on any atom is 0.130 e. The molecule has 0 amide bonds. The van der Waals surface area contributed by atoms with E-state index < -0.39 is 0 Å². The van der Waals surface area contributed by atoms with Crippen molar-refractivity contribution in [2.24, 2.45) is 0 Å². The average Bonchev–Trinajstić information content (AvgIpc) is 2.24. The van der Waals surface area contributed by atoms with Gasteiger partial charge in [0.05, 0.1) is 7.11 Å². The maximum atomic E-state index is 5.67.